The summed E-state index contributed by atoms with van der Waals surface area (Å²) in [7, 11) is 3.94. The van der Waals surface area contributed by atoms with E-state index in [1.165, 1.54) is 5.56 Å². The number of hydrogen-bond donors (Lipinski definition) is 2. The van der Waals surface area contributed by atoms with E-state index in [4.69, 9.17) is 0 Å². The second-order valence-corrected chi connectivity index (χ2v) is 5.18. The molecule has 4 heteroatoms. The molecule has 0 aliphatic heterocycles. The van der Waals surface area contributed by atoms with E-state index >= 15 is 0 Å². The number of aryl methyl sites for hydroxylation is 1. The summed E-state index contributed by atoms with van der Waals surface area (Å²) in [6.07, 6.45) is 0. The third-order valence-corrected chi connectivity index (χ3v) is 3.32. The van der Waals surface area contributed by atoms with Crippen LogP contribution in [0, 0.1) is 6.92 Å². The molecule has 2 aromatic rings. The summed E-state index contributed by atoms with van der Waals surface area (Å²) in [5, 5.41) is 5.72. The van der Waals surface area contributed by atoms with Gasteiger partial charge in [0.25, 0.3) is 0 Å². The molecule has 4 nitrogen and oxygen atoms in total. The maximum Gasteiger partial charge on any atom is 0.319 e. The van der Waals surface area contributed by atoms with Crippen LogP contribution >= 0.6 is 0 Å². The Bertz CT molecular complexity index is 623. The molecule has 0 saturated heterocycles. The monoisotopic (exact) mass is 283 g/mol. The molecule has 0 saturated carbocycles. The first-order valence-corrected chi connectivity index (χ1v) is 6.93. The normalized spacial score (nSPS) is 10.0. The summed E-state index contributed by atoms with van der Waals surface area (Å²) in [6, 6.07) is 15.6. The lowest BCUT2D eigenvalue weighted by atomic mass is 10.1. The highest BCUT2D eigenvalue weighted by molar-refractivity contribution is 5.89. The number of amides is 2. The van der Waals surface area contributed by atoms with E-state index in [2.05, 4.69) is 10.6 Å². The van der Waals surface area contributed by atoms with E-state index in [1.807, 2.05) is 74.4 Å². The summed E-state index contributed by atoms with van der Waals surface area (Å²) in [5.74, 6) is 0. The van der Waals surface area contributed by atoms with Crippen LogP contribution in [0.3, 0.4) is 0 Å². The predicted octanol–water partition coefficient (Wildman–Crippen LogP) is 3.38. The zero-order valence-corrected chi connectivity index (χ0v) is 12.7. The molecule has 2 N–H and O–H groups in total. The van der Waals surface area contributed by atoms with E-state index in [-0.39, 0.29) is 6.03 Å². The number of urea groups is 1. The molecule has 0 spiro atoms. The number of carbonyl (C=O) groups excluding carboxylic acids is 1. The van der Waals surface area contributed by atoms with E-state index in [0.717, 1.165) is 16.9 Å². The van der Waals surface area contributed by atoms with E-state index in [1.54, 1.807) is 0 Å². The van der Waals surface area contributed by atoms with Crippen molar-refractivity contribution in [3.8, 4) is 0 Å². The zero-order chi connectivity index (χ0) is 15.2. The smallest absolute Gasteiger partial charge is 0.319 e. The quantitative estimate of drug-likeness (QED) is 0.903. The fraction of sp³-hybridized carbons (Fsp3) is 0.235. The van der Waals surface area contributed by atoms with Crippen LogP contribution < -0.4 is 15.5 Å². The lowest BCUT2D eigenvalue weighted by Gasteiger charge is -2.14. The molecule has 0 heterocycles. The van der Waals surface area contributed by atoms with Crippen molar-refractivity contribution in [2.75, 3.05) is 24.3 Å². The largest absolute Gasteiger partial charge is 0.378 e. The first kappa shape index (κ1) is 14.9. The Labute approximate surface area is 125 Å². The Morgan fingerprint density at radius 3 is 2.57 bits per heavy atom. The minimum absolute atomic E-state index is 0.200. The van der Waals surface area contributed by atoms with Crippen LogP contribution in [0.5, 0.6) is 0 Å². The van der Waals surface area contributed by atoms with Crippen LogP contribution in [0.2, 0.25) is 0 Å². The van der Waals surface area contributed by atoms with Gasteiger partial charge in [0.15, 0.2) is 0 Å². The molecular formula is C17H21N3O. The van der Waals surface area contributed by atoms with Gasteiger partial charge in [-0.1, -0.05) is 30.3 Å². The molecule has 2 aromatic carbocycles. The number of carbonyl (C=O) groups is 1. The molecule has 2 amide bonds. The van der Waals surface area contributed by atoms with Gasteiger partial charge in [-0.25, -0.2) is 4.79 Å². The van der Waals surface area contributed by atoms with Gasteiger partial charge >= 0.3 is 6.03 Å². The molecular weight excluding hydrogens is 262 g/mol. The van der Waals surface area contributed by atoms with Gasteiger partial charge in [-0.3, -0.25) is 0 Å². The second kappa shape index (κ2) is 6.79. The van der Waals surface area contributed by atoms with Gasteiger partial charge in [0.2, 0.25) is 0 Å². The van der Waals surface area contributed by atoms with Gasteiger partial charge in [-0.05, 0) is 36.2 Å². The van der Waals surface area contributed by atoms with Crippen LogP contribution in [0.1, 0.15) is 11.1 Å². The molecule has 110 valence electrons. The maximum atomic E-state index is 11.9. The Morgan fingerprint density at radius 1 is 1.10 bits per heavy atom. The number of hydrogen-bond acceptors (Lipinski definition) is 2. The van der Waals surface area contributed by atoms with Gasteiger partial charge in [0.1, 0.15) is 0 Å². The van der Waals surface area contributed by atoms with E-state index < -0.39 is 0 Å². The highest BCUT2D eigenvalue weighted by Crippen LogP contribution is 2.17. The first-order chi connectivity index (χ1) is 10.1. The van der Waals surface area contributed by atoms with Crippen LogP contribution in [0.4, 0.5) is 16.2 Å². The van der Waals surface area contributed by atoms with Gasteiger partial charge < -0.3 is 15.5 Å². The van der Waals surface area contributed by atoms with Crippen LogP contribution in [-0.2, 0) is 6.54 Å². The molecule has 0 aliphatic rings. The van der Waals surface area contributed by atoms with Crippen molar-refractivity contribution in [2.45, 2.75) is 13.5 Å². The topological polar surface area (TPSA) is 44.4 Å². The molecule has 0 fully saturated rings. The summed E-state index contributed by atoms with van der Waals surface area (Å²) >= 11 is 0. The lowest BCUT2D eigenvalue weighted by Crippen LogP contribution is -2.28. The highest BCUT2D eigenvalue weighted by Gasteiger charge is 2.04. The predicted molar refractivity (Wildman–Crippen MR) is 87.8 cm³/mol. The SMILES string of the molecule is Cc1ccccc1CNC(=O)Nc1cccc(N(C)C)c1. The fourth-order valence-corrected chi connectivity index (χ4v) is 2.02. The minimum atomic E-state index is -0.200. The van der Waals surface area contributed by atoms with E-state index in [0.29, 0.717) is 6.54 Å². The van der Waals surface area contributed by atoms with Crippen LogP contribution in [0.25, 0.3) is 0 Å². The second-order valence-electron chi connectivity index (χ2n) is 5.18. The number of rotatable bonds is 4. The maximum absolute atomic E-state index is 11.9. The van der Waals surface area contributed by atoms with Crippen molar-refractivity contribution in [1.29, 1.82) is 0 Å². The Kier molecular flexibility index (Phi) is 4.82. The molecule has 2 rings (SSSR count). The van der Waals surface area contributed by atoms with Gasteiger partial charge in [-0.15, -0.1) is 0 Å². The molecule has 0 aliphatic carbocycles. The van der Waals surface area contributed by atoms with Crippen LogP contribution in [0.15, 0.2) is 48.5 Å². The Balaban J connectivity index is 1.93. The van der Waals surface area contributed by atoms with Crippen molar-refractivity contribution in [3.63, 3.8) is 0 Å². The van der Waals surface area contributed by atoms with Crippen molar-refractivity contribution in [2.24, 2.45) is 0 Å². The average molecular weight is 283 g/mol. The molecule has 0 radical (unpaired) electrons. The molecule has 0 aromatic heterocycles. The zero-order valence-electron chi connectivity index (χ0n) is 12.7. The summed E-state index contributed by atoms with van der Waals surface area (Å²) in [6.45, 7) is 2.56. The lowest BCUT2D eigenvalue weighted by molar-refractivity contribution is 0.251. The van der Waals surface area contributed by atoms with Gasteiger partial charge in [0.05, 0.1) is 0 Å². The average Bonchev–Trinajstić information content (AvgIpc) is 2.46. The van der Waals surface area contributed by atoms with Crippen molar-refractivity contribution >= 4 is 17.4 Å². The molecule has 21 heavy (non-hydrogen) atoms. The number of benzene rings is 2. The summed E-state index contributed by atoms with van der Waals surface area (Å²) in [4.78, 5) is 13.9. The van der Waals surface area contributed by atoms with Gasteiger partial charge in [0, 0.05) is 32.0 Å². The molecule has 0 atom stereocenters. The van der Waals surface area contributed by atoms with Crippen molar-refractivity contribution in [3.05, 3.63) is 59.7 Å². The summed E-state index contributed by atoms with van der Waals surface area (Å²) < 4.78 is 0. The first-order valence-electron chi connectivity index (χ1n) is 6.93. The third kappa shape index (κ3) is 4.24. The van der Waals surface area contributed by atoms with Gasteiger partial charge in [-0.2, -0.15) is 0 Å². The number of nitrogens with zero attached hydrogens (tertiary/aromatic N) is 1. The van der Waals surface area contributed by atoms with Crippen molar-refractivity contribution in [1.82, 2.24) is 5.32 Å². The molecule has 0 bridgehead atoms. The minimum Gasteiger partial charge on any atom is -0.378 e. The standard InChI is InChI=1S/C17H21N3O/c1-13-7-4-5-8-14(13)12-18-17(21)19-15-9-6-10-16(11-15)20(2)3/h4-11H,12H2,1-3H3,(H2,18,19,21). The highest BCUT2D eigenvalue weighted by atomic mass is 16.2. The molecule has 0 unspecified atom stereocenters. The third-order valence-electron chi connectivity index (χ3n) is 3.32. The van der Waals surface area contributed by atoms with Crippen molar-refractivity contribution < 1.29 is 4.79 Å². The Morgan fingerprint density at radius 2 is 1.86 bits per heavy atom. The summed E-state index contributed by atoms with van der Waals surface area (Å²) in [5.41, 5.74) is 4.12. The van der Waals surface area contributed by atoms with E-state index in [9.17, 15) is 4.79 Å². The fourth-order valence-electron chi connectivity index (χ4n) is 2.02. The van der Waals surface area contributed by atoms with Crippen LogP contribution in [-0.4, -0.2) is 20.1 Å². The Hall–Kier alpha value is -2.49. The number of anilines is 2. The number of nitrogens with one attached hydrogen (secondary N) is 2.